The number of amides is 1. The summed E-state index contributed by atoms with van der Waals surface area (Å²) < 4.78 is 0. The van der Waals surface area contributed by atoms with Crippen LogP contribution in [0.15, 0.2) is 54.6 Å². The van der Waals surface area contributed by atoms with Crippen LogP contribution in [0.25, 0.3) is 0 Å². The number of rotatable bonds is 5. The second-order valence-corrected chi connectivity index (χ2v) is 6.72. The molecule has 3 heteroatoms. The van der Waals surface area contributed by atoms with Gasteiger partial charge < -0.3 is 4.90 Å². The molecular weight excluding hydrogens is 290 g/mol. The van der Waals surface area contributed by atoms with Gasteiger partial charge in [0.2, 0.25) is 5.91 Å². The molecule has 0 radical (unpaired) electrons. The molecule has 0 saturated heterocycles. The normalized spacial score (nSPS) is 16.3. The summed E-state index contributed by atoms with van der Waals surface area (Å²) in [7, 11) is 1.94. The van der Waals surface area contributed by atoms with Gasteiger partial charge in [-0.25, -0.2) is 0 Å². The monoisotopic (exact) mass is 311 g/mol. The largest absolute Gasteiger partial charge is 0.338 e. The predicted molar refractivity (Wildman–Crippen MR) is 92.9 cm³/mol. The Kier molecular flexibility index (Phi) is 4.84. The molecule has 0 saturated carbocycles. The Morgan fingerprint density at radius 3 is 2.68 bits per heavy atom. The van der Waals surface area contributed by atoms with Crippen LogP contribution in [0.4, 0.5) is 0 Å². The van der Waals surface area contributed by atoms with Gasteiger partial charge in [-0.1, -0.05) is 54.6 Å². The van der Waals surface area contributed by atoms with E-state index >= 15 is 0 Å². The third kappa shape index (κ3) is 3.36. The highest BCUT2D eigenvalue weighted by Crippen LogP contribution is 2.35. The fourth-order valence-corrected chi connectivity index (χ4v) is 3.95. The molecule has 114 valence electrons. The molecule has 3 rings (SSSR count). The van der Waals surface area contributed by atoms with E-state index in [-0.39, 0.29) is 11.9 Å². The average molecular weight is 311 g/mol. The van der Waals surface area contributed by atoms with Crippen molar-refractivity contribution >= 4 is 17.7 Å². The summed E-state index contributed by atoms with van der Waals surface area (Å²) in [4.78, 5) is 14.4. The molecule has 0 aromatic heterocycles. The maximum atomic E-state index is 12.4. The standard InChI is InChI=1S/C19H21NOS/c1-20(18-12-11-16-9-5-6-10-17(16)18)19(21)14-22-13-15-7-3-2-4-8-15/h2-10,18H,11-14H2,1H3/t18-/m0/s1. The van der Waals surface area contributed by atoms with Gasteiger partial charge in [-0.2, -0.15) is 0 Å². The number of carbonyl (C=O) groups is 1. The van der Waals surface area contributed by atoms with Gasteiger partial charge in [0.25, 0.3) is 0 Å². The van der Waals surface area contributed by atoms with Gasteiger partial charge in [-0.05, 0) is 29.5 Å². The molecule has 0 N–H and O–H groups in total. The molecule has 22 heavy (non-hydrogen) atoms. The topological polar surface area (TPSA) is 20.3 Å². The molecule has 2 aromatic rings. The fourth-order valence-electron chi connectivity index (χ4n) is 3.04. The van der Waals surface area contributed by atoms with E-state index in [1.165, 1.54) is 16.7 Å². The minimum absolute atomic E-state index is 0.225. The van der Waals surface area contributed by atoms with E-state index in [4.69, 9.17) is 0 Å². The highest BCUT2D eigenvalue weighted by Gasteiger charge is 2.27. The Labute approximate surface area is 136 Å². The lowest BCUT2D eigenvalue weighted by Gasteiger charge is -2.25. The zero-order chi connectivity index (χ0) is 15.4. The fraction of sp³-hybridized carbons (Fsp3) is 0.316. The summed E-state index contributed by atoms with van der Waals surface area (Å²) in [5.41, 5.74) is 3.99. The molecule has 2 aromatic carbocycles. The van der Waals surface area contributed by atoms with Crippen molar-refractivity contribution in [1.29, 1.82) is 0 Å². The van der Waals surface area contributed by atoms with Crippen molar-refractivity contribution in [2.75, 3.05) is 12.8 Å². The van der Waals surface area contributed by atoms with Gasteiger partial charge in [-0.3, -0.25) is 4.79 Å². The van der Waals surface area contributed by atoms with Crippen LogP contribution in [-0.2, 0) is 17.0 Å². The van der Waals surface area contributed by atoms with E-state index in [9.17, 15) is 4.79 Å². The van der Waals surface area contributed by atoms with Crippen molar-refractivity contribution in [3.8, 4) is 0 Å². The SMILES string of the molecule is CN(C(=O)CSCc1ccccc1)[C@H]1CCc2ccccc21. The molecule has 0 bridgehead atoms. The first-order chi connectivity index (χ1) is 10.8. The summed E-state index contributed by atoms with van der Waals surface area (Å²) in [6.45, 7) is 0. The van der Waals surface area contributed by atoms with E-state index in [0.29, 0.717) is 5.75 Å². The lowest BCUT2D eigenvalue weighted by molar-refractivity contribution is -0.129. The second-order valence-electron chi connectivity index (χ2n) is 5.74. The zero-order valence-electron chi connectivity index (χ0n) is 12.9. The van der Waals surface area contributed by atoms with Crippen molar-refractivity contribution in [1.82, 2.24) is 4.90 Å². The molecule has 1 aliphatic carbocycles. The second kappa shape index (κ2) is 7.01. The van der Waals surface area contributed by atoms with Crippen LogP contribution in [0.5, 0.6) is 0 Å². The molecule has 0 unspecified atom stereocenters. The number of benzene rings is 2. The van der Waals surface area contributed by atoms with E-state index in [1.54, 1.807) is 11.8 Å². The number of nitrogens with zero attached hydrogens (tertiary/aromatic N) is 1. The van der Waals surface area contributed by atoms with Crippen molar-refractivity contribution in [3.05, 3.63) is 71.3 Å². The van der Waals surface area contributed by atoms with Crippen molar-refractivity contribution < 1.29 is 4.79 Å². The number of hydrogen-bond donors (Lipinski definition) is 0. The Morgan fingerprint density at radius 2 is 1.86 bits per heavy atom. The number of carbonyl (C=O) groups excluding carboxylic acids is 1. The van der Waals surface area contributed by atoms with Crippen molar-refractivity contribution in [2.45, 2.75) is 24.6 Å². The van der Waals surface area contributed by atoms with E-state index in [2.05, 4.69) is 36.4 Å². The summed E-state index contributed by atoms with van der Waals surface area (Å²) >= 11 is 1.69. The molecule has 0 heterocycles. The average Bonchev–Trinajstić information content (AvgIpc) is 2.99. The molecule has 0 aliphatic heterocycles. The van der Waals surface area contributed by atoms with Crippen LogP contribution in [0.1, 0.15) is 29.2 Å². The Bertz CT molecular complexity index is 641. The third-order valence-electron chi connectivity index (χ3n) is 4.30. The number of hydrogen-bond acceptors (Lipinski definition) is 2. The molecule has 2 nitrogen and oxygen atoms in total. The lowest BCUT2D eigenvalue weighted by atomic mass is 10.1. The first kappa shape index (κ1) is 15.2. The first-order valence-electron chi connectivity index (χ1n) is 7.71. The summed E-state index contributed by atoms with van der Waals surface area (Å²) in [5, 5.41) is 0. The maximum absolute atomic E-state index is 12.4. The molecule has 1 atom stereocenters. The minimum atomic E-state index is 0.225. The predicted octanol–water partition coefficient (Wildman–Crippen LogP) is 4.07. The van der Waals surface area contributed by atoms with Gasteiger partial charge in [0.1, 0.15) is 0 Å². The Balaban J connectivity index is 1.54. The van der Waals surface area contributed by atoms with Gasteiger partial charge in [0.05, 0.1) is 11.8 Å². The zero-order valence-corrected chi connectivity index (χ0v) is 13.7. The maximum Gasteiger partial charge on any atom is 0.232 e. The molecule has 0 spiro atoms. The smallest absolute Gasteiger partial charge is 0.232 e. The lowest BCUT2D eigenvalue weighted by Crippen LogP contribution is -2.31. The van der Waals surface area contributed by atoms with Crippen LogP contribution in [0.2, 0.25) is 0 Å². The Morgan fingerprint density at radius 1 is 1.14 bits per heavy atom. The van der Waals surface area contributed by atoms with Crippen LogP contribution >= 0.6 is 11.8 Å². The third-order valence-corrected chi connectivity index (χ3v) is 5.29. The van der Waals surface area contributed by atoms with Gasteiger partial charge in [-0.15, -0.1) is 11.8 Å². The van der Waals surface area contributed by atoms with Gasteiger partial charge >= 0.3 is 0 Å². The molecule has 1 amide bonds. The summed E-state index contributed by atoms with van der Waals surface area (Å²) in [6.07, 6.45) is 2.13. The van der Waals surface area contributed by atoms with Crippen LogP contribution in [0.3, 0.4) is 0 Å². The van der Waals surface area contributed by atoms with E-state index in [0.717, 1.165) is 18.6 Å². The molecule has 0 fully saturated rings. The van der Waals surface area contributed by atoms with Crippen LogP contribution in [0, 0.1) is 0 Å². The molecule has 1 aliphatic rings. The minimum Gasteiger partial charge on any atom is -0.338 e. The number of aryl methyl sites for hydroxylation is 1. The van der Waals surface area contributed by atoms with Gasteiger partial charge in [0.15, 0.2) is 0 Å². The van der Waals surface area contributed by atoms with E-state index < -0.39 is 0 Å². The quantitative estimate of drug-likeness (QED) is 0.830. The number of thioether (sulfide) groups is 1. The highest BCUT2D eigenvalue weighted by molar-refractivity contribution is 7.99. The van der Waals surface area contributed by atoms with Gasteiger partial charge in [0, 0.05) is 12.8 Å². The summed E-state index contributed by atoms with van der Waals surface area (Å²) in [5.74, 6) is 1.66. The highest BCUT2D eigenvalue weighted by atomic mass is 32.2. The molecular formula is C19H21NOS. The van der Waals surface area contributed by atoms with Crippen LogP contribution < -0.4 is 0 Å². The first-order valence-corrected chi connectivity index (χ1v) is 8.86. The van der Waals surface area contributed by atoms with Crippen LogP contribution in [-0.4, -0.2) is 23.6 Å². The number of fused-ring (bicyclic) bond motifs is 1. The summed E-state index contributed by atoms with van der Waals surface area (Å²) in [6, 6.07) is 19.1. The van der Waals surface area contributed by atoms with Crippen molar-refractivity contribution in [2.24, 2.45) is 0 Å². The Hall–Kier alpha value is -1.74. The van der Waals surface area contributed by atoms with E-state index in [1.807, 2.05) is 30.1 Å². The van der Waals surface area contributed by atoms with Crippen molar-refractivity contribution in [3.63, 3.8) is 0 Å².